The number of nitrogens with one attached hydrogen (secondary N) is 2. The van der Waals surface area contributed by atoms with Crippen LogP contribution in [0, 0.1) is 0 Å². The first-order valence-corrected chi connectivity index (χ1v) is 7.07. The van der Waals surface area contributed by atoms with Crippen LogP contribution in [0.15, 0.2) is 0 Å². The molecule has 1 saturated heterocycles. The Bertz CT molecular complexity index is 362. The van der Waals surface area contributed by atoms with E-state index in [0.717, 1.165) is 6.54 Å². The number of amides is 1. The van der Waals surface area contributed by atoms with E-state index >= 15 is 0 Å². The predicted molar refractivity (Wildman–Crippen MR) is 67.3 cm³/mol. The second-order valence-corrected chi connectivity index (χ2v) is 5.89. The molecule has 16 heavy (non-hydrogen) atoms. The van der Waals surface area contributed by atoms with Gasteiger partial charge in [-0.25, -0.2) is 0 Å². The summed E-state index contributed by atoms with van der Waals surface area (Å²) in [5.74, 6) is 1.09. The molecule has 1 amide bonds. The van der Waals surface area contributed by atoms with Crippen molar-refractivity contribution in [3.63, 3.8) is 0 Å². The highest BCUT2D eigenvalue weighted by Crippen LogP contribution is 2.25. The summed E-state index contributed by atoms with van der Waals surface area (Å²) in [6.07, 6.45) is 2.46. The second-order valence-electron chi connectivity index (χ2n) is 3.51. The third-order valence-corrected chi connectivity index (χ3v) is 4.69. The molecule has 2 N–H and O–H groups in total. The number of anilines is 1. The van der Waals surface area contributed by atoms with E-state index in [0.29, 0.717) is 15.4 Å². The molecule has 2 rings (SSSR count). The van der Waals surface area contributed by atoms with E-state index in [1.807, 2.05) is 11.8 Å². The third-order valence-electron chi connectivity index (χ3n) is 2.35. The molecule has 0 saturated carbocycles. The van der Waals surface area contributed by atoms with Gasteiger partial charge in [-0.2, -0.15) is 11.8 Å². The SMILES string of the molecule is CNc1nnc(C(=O)NCC2CCCS2)s1. The number of carbonyl (C=O) groups is 1. The summed E-state index contributed by atoms with van der Waals surface area (Å²) in [5.41, 5.74) is 0. The Morgan fingerprint density at radius 2 is 2.44 bits per heavy atom. The Morgan fingerprint density at radius 1 is 1.56 bits per heavy atom. The molecule has 1 aliphatic heterocycles. The van der Waals surface area contributed by atoms with Crippen molar-refractivity contribution in [3.05, 3.63) is 5.01 Å². The third kappa shape index (κ3) is 2.85. The lowest BCUT2D eigenvalue weighted by molar-refractivity contribution is 0.0952. The molecule has 2 heterocycles. The molecule has 5 nitrogen and oxygen atoms in total. The number of carbonyl (C=O) groups excluding carboxylic acids is 1. The van der Waals surface area contributed by atoms with Gasteiger partial charge >= 0.3 is 0 Å². The average Bonchev–Trinajstić information content (AvgIpc) is 2.96. The largest absolute Gasteiger partial charge is 0.363 e. The summed E-state index contributed by atoms with van der Waals surface area (Å²) in [5, 5.41) is 15.1. The smallest absolute Gasteiger partial charge is 0.282 e. The molecular weight excluding hydrogens is 244 g/mol. The van der Waals surface area contributed by atoms with Crippen LogP contribution in [0.2, 0.25) is 0 Å². The van der Waals surface area contributed by atoms with Crippen LogP contribution in [-0.2, 0) is 0 Å². The predicted octanol–water partition coefficient (Wildman–Crippen LogP) is 1.21. The van der Waals surface area contributed by atoms with Gasteiger partial charge in [0.25, 0.3) is 5.91 Å². The van der Waals surface area contributed by atoms with Gasteiger partial charge in [-0.15, -0.1) is 10.2 Å². The Kier molecular flexibility index (Phi) is 4.00. The maximum absolute atomic E-state index is 11.7. The average molecular weight is 258 g/mol. The molecule has 0 aromatic carbocycles. The van der Waals surface area contributed by atoms with Crippen molar-refractivity contribution in [2.45, 2.75) is 18.1 Å². The number of aromatic nitrogens is 2. The van der Waals surface area contributed by atoms with Crippen LogP contribution in [0.4, 0.5) is 5.13 Å². The summed E-state index contributed by atoms with van der Waals surface area (Å²) >= 11 is 3.20. The quantitative estimate of drug-likeness (QED) is 0.849. The first kappa shape index (κ1) is 11.7. The van der Waals surface area contributed by atoms with Crippen molar-refractivity contribution >= 4 is 34.1 Å². The monoisotopic (exact) mass is 258 g/mol. The lowest BCUT2D eigenvalue weighted by Crippen LogP contribution is -2.29. The summed E-state index contributed by atoms with van der Waals surface area (Å²) in [7, 11) is 1.76. The lowest BCUT2D eigenvalue weighted by atomic mass is 10.2. The first-order valence-electron chi connectivity index (χ1n) is 5.20. The van der Waals surface area contributed by atoms with E-state index in [9.17, 15) is 4.79 Å². The fourth-order valence-corrected chi connectivity index (χ4v) is 3.32. The van der Waals surface area contributed by atoms with E-state index in [-0.39, 0.29) is 5.91 Å². The number of nitrogens with zero attached hydrogens (tertiary/aromatic N) is 2. The van der Waals surface area contributed by atoms with Crippen LogP contribution < -0.4 is 10.6 Å². The standard InChI is InChI=1S/C9H14N4OS2/c1-10-9-13-12-8(16-9)7(14)11-5-6-3-2-4-15-6/h6H,2-5H2,1H3,(H,10,13)(H,11,14). The van der Waals surface area contributed by atoms with E-state index in [1.54, 1.807) is 7.05 Å². The van der Waals surface area contributed by atoms with Crippen LogP contribution >= 0.6 is 23.1 Å². The van der Waals surface area contributed by atoms with Gasteiger partial charge in [0.15, 0.2) is 0 Å². The minimum absolute atomic E-state index is 0.119. The maximum atomic E-state index is 11.7. The van der Waals surface area contributed by atoms with Gasteiger partial charge < -0.3 is 10.6 Å². The molecule has 88 valence electrons. The summed E-state index contributed by atoms with van der Waals surface area (Å²) in [6.45, 7) is 0.734. The Balaban J connectivity index is 1.82. The van der Waals surface area contributed by atoms with Crippen LogP contribution in [0.3, 0.4) is 0 Å². The minimum Gasteiger partial charge on any atom is -0.363 e. The lowest BCUT2D eigenvalue weighted by Gasteiger charge is -2.08. The second kappa shape index (κ2) is 5.49. The van der Waals surface area contributed by atoms with E-state index in [2.05, 4.69) is 20.8 Å². The zero-order chi connectivity index (χ0) is 11.4. The van der Waals surface area contributed by atoms with Crippen LogP contribution in [0.5, 0.6) is 0 Å². The molecule has 1 aliphatic rings. The highest BCUT2D eigenvalue weighted by atomic mass is 32.2. The zero-order valence-electron chi connectivity index (χ0n) is 9.02. The maximum Gasteiger partial charge on any atom is 0.282 e. The van der Waals surface area contributed by atoms with Crippen LogP contribution in [0.1, 0.15) is 22.6 Å². The summed E-state index contributed by atoms with van der Waals surface area (Å²) < 4.78 is 0. The fraction of sp³-hybridized carbons (Fsp3) is 0.667. The molecule has 1 atom stereocenters. The van der Waals surface area contributed by atoms with Gasteiger partial charge in [0.2, 0.25) is 10.1 Å². The topological polar surface area (TPSA) is 66.9 Å². The molecule has 0 bridgehead atoms. The fourth-order valence-electron chi connectivity index (χ4n) is 1.50. The number of hydrogen-bond acceptors (Lipinski definition) is 6. The highest BCUT2D eigenvalue weighted by Gasteiger charge is 2.18. The van der Waals surface area contributed by atoms with Crippen LogP contribution in [-0.4, -0.2) is 40.7 Å². The molecule has 1 fully saturated rings. The van der Waals surface area contributed by atoms with Gasteiger partial charge in [-0.05, 0) is 18.6 Å². The molecule has 1 aromatic rings. The highest BCUT2D eigenvalue weighted by molar-refractivity contribution is 8.00. The Hall–Kier alpha value is -0.820. The van der Waals surface area contributed by atoms with Crippen LogP contribution in [0.25, 0.3) is 0 Å². The van der Waals surface area contributed by atoms with Crippen molar-refractivity contribution in [1.82, 2.24) is 15.5 Å². The van der Waals surface area contributed by atoms with Crippen molar-refractivity contribution in [2.24, 2.45) is 0 Å². The molecule has 7 heteroatoms. The number of thioether (sulfide) groups is 1. The van der Waals surface area contributed by atoms with Gasteiger partial charge in [-0.3, -0.25) is 4.79 Å². The molecule has 0 aliphatic carbocycles. The van der Waals surface area contributed by atoms with E-state index in [4.69, 9.17) is 0 Å². The van der Waals surface area contributed by atoms with Gasteiger partial charge in [-0.1, -0.05) is 11.3 Å². The van der Waals surface area contributed by atoms with Crippen molar-refractivity contribution in [2.75, 3.05) is 24.7 Å². The normalized spacial score (nSPS) is 19.7. The minimum atomic E-state index is -0.119. The zero-order valence-corrected chi connectivity index (χ0v) is 10.7. The number of rotatable bonds is 4. The van der Waals surface area contributed by atoms with Gasteiger partial charge in [0, 0.05) is 18.8 Å². The van der Waals surface area contributed by atoms with E-state index < -0.39 is 0 Å². The van der Waals surface area contributed by atoms with Crippen molar-refractivity contribution < 1.29 is 4.79 Å². The van der Waals surface area contributed by atoms with E-state index in [1.165, 1.54) is 29.9 Å². The Labute approximate surface area is 102 Å². The van der Waals surface area contributed by atoms with Gasteiger partial charge in [0.1, 0.15) is 0 Å². The summed E-state index contributed by atoms with van der Waals surface area (Å²) in [6, 6.07) is 0. The molecule has 1 aromatic heterocycles. The Morgan fingerprint density at radius 3 is 3.06 bits per heavy atom. The number of hydrogen-bond donors (Lipinski definition) is 2. The van der Waals surface area contributed by atoms with Crippen molar-refractivity contribution in [3.8, 4) is 0 Å². The molecule has 1 unspecified atom stereocenters. The summed E-state index contributed by atoms with van der Waals surface area (Å²) in [4.78, 5) is 11.7. The van der Waals surface area contributed by atoms with Crippen molar-refractivity contribution in [1.29, 1.82) is 0 Å². The first-order chi connectivity index (χ1) is 7.79. The molecular formula is C9H14N4OS2. The van der Waals surface area contributed by atoms with Gasteiger partial charge in [0.05, 0.1) is 0 Å². The molecule has 0 spiro atoms. The molecule has 0 radical (unpaired) electrons.